The number of benzene rings is 1. The predicted octanol–water partition coefficient (Wildman–Crippen LogP) is 6.61. The van der Waals surface area contributed by atoms with Gasteiger partial charge in [-0.3, -0.25) is 19.2 Å². The minimum absolute atomic E-state index is 0.00124. The first-order valence-corrected chi connectivity index (χ1v) is 19.2. The molecule has 0 bridgehead atoms. The maximum atomic E-state index is 14.6. The van der Waals surface area contributed by atoms with Gasteiger partial charge in [-0.05, 0) is 69.3 Å². The van der Waals surface area contributed by atoms with Crippen molar-refractivity contribution in [3.63, 3.8) is 0 Å². The summed E-state index contributed by atoms with van der Waals surface area (Å²) >= 11 is 6.55. The molecule has 2 amide bonds. The molecular formula is C39H54ClN3O9. The number of carbonyl (C=O) groups excluding carboxylic acids is 5. The number of nitrogens with zero attached hydrogens (tertiary/aromatic N) is 2. The maximum Gasteiger partial charge on any atom is 0.408 e. The molecule has 0 aromatic heterocycles. The number of oxime groups is 1. The number of alkyl carbamates (subject to hydrolysis) is 1. The molecule has 12 nitrogen and oxygen atoms in total. The van der Waals surface area contributed by atoms with Crippen LogP contribution in [-0.4, -0.2) is 84.0 Å². The molecule has 13 heteroatoms. The van der Waals surface area contributed by atoms with Gasteiger partial charge in [-0.2, -0.15) is 0 Å². The molecule has 0 unspecified atom stereocenters. The molecule has 2 aliphatic heterocycles. The molecule has 4 atom stereocenters. The third-order valence-electron chi connectivity index (χ3n) is 10.6. The number of hydrogen-bond donors (Lipinski definition) is 1. The van der Waals surface area contributed by atoms with Crippen molar-refractivity contribution >= 4 is 46.7 Å². The van der Waals surface area contributed by atoms with Gasteiger partial charge in [0.15, 0.2) is 17.2 Å². The normalized spacial score (nSPS) is 22.8. The predicted molar refractivity (Wildman–Crippen MR) is 195 cm³/mol. The minimum atomic E-state index is -1.08. The quantitative estimate of drug-likeness (QED) is 0.185. The zero-order valence-electron chi connectivity index (χ0n) is 31.4. The van der Waals surface area contributed by atoms with E-state index in [4.69, 9.17) is 30.6 Å². The van der Waals surface area contributed by atoms with Crippen LogP contribution in [0.2, 0.25) is 5.02 Å². The topological polar surface area (TPSA) is 150 Å². The third kappa shape index (κ3) is 9.27. The zero-order chi connectivity index (χ0) is 37.8. The van der Waals surface area contributed by atoms with Crippen LogP contribution in [-0.2, 0) is 28.8 Å². The molecule has 1 aromatic rings. The van der Waals surface area contributed by atoms with Crippen molar-refractivity contribution in [1.29, 1.82) is 0 Å². The van der Waals surface area contributed by atoms with Crippen molar-refractivity contribution in [2.24, 2.45) is 22.4 Å². The second-order valence-corrected chi connectivity index (χ2v) is 16.3. The summed E-state index contributed by atoms with van der Waals surface area (Å²) in [6.07, 6.45) is 5.87. The monoisotopic (exact) mass is 743 g/mol. The lowest BCUT2D eigenvalue weighted by Crippen LogP contribution is -2.57. The van der Waals surface area contributed by atoms with Gasteiger partial charge in [0.2, 0.25) is 11.7 Å². The Morgan fingerprint density at radius 2 is 1.79 bits per heavy atom. The van der Waals surface area contributed by atoms with Gasteiger partial charge in [0.1, 0.15) is 23.6 Å². The summed E-state index contributed by atoms with van der Waals surface area (Å²) in [5.41, 5.74) is -0.722. The lowest BCUT2D eigenvalue weighted by Gasteiger charge is -2.35. The maximum absolute atomic E-state index is 14.6. The number of halogens is 1. The molecule has 0 radical (unpaired) electrons. The van der Waals surface area contributed by atoms with E-state index in [1.54, 1.807) is 12.1 Å². The number of carbonyl (C=O) groups is 5. The van der Waals surface area contributed by atoms with Crippen LogP contribution in [0.15, 0.2) is 17.3 Å². The number of methoxy groups -OCH3 is 1. The number of hydrogen-bond acceptors (Lipinski definition) is 10. The van der Waals surface area contributed by atoms with Gasteiger partial charge in [-0.15, -0.1) is 0 Å². The number of likely N-dealkylation sites (tertiary alicyclic amines) is 1. The van der Waals surface area contributed by atoms with Crippen LogP contribution in [0.5, 0.6) is 11.5 Å². The van der Waals surface area contributed by atoms with Gasteiger partial charge >= 0.3 is 6.09 Å². The summed E-state index contributed by atoms with van der Waals surface area (Å²) in [4.78, 5) is 75.9. The lowest BCUT2D eigenvalue weighted by atomic mass is 9.84. The average Bonchev–Trinajstić information content (AvgIpc) is 3.43. The Morgan fingerprint density at radius 3 is 2.40 bits per heavy atom. The second kappa shape index (κ2) is 16.6. The molecule has 1 saturated heterocycles. The Balaban J connectivity index is 1.42. The largest absolute Gasteiger partial charge is 0.496 e. The fraction of sp³-hybridized carbons (Fsp3) is 0.692. The van der Waals surface area contributed by atoms with Crippen molar-refractivity contribution < 1.29 is 43.0 Å². The van der Waals surface area contributed by atoms with Gasteiger partial charge in [-0.1, -0.05) is 50.9 Å². The molecule has 52 heavy (non-hydrogen) atoms. The highest BCUT2D eigenvalue weighted by Crippen LogP contribution is 2.43. The first-order chi connectivity index (χ1) is 24.7. The zero-order valence-corrected chi connectivity index (χ0v) is 32.1. The molecule has 1 spiro atoms. The summed E-state index contributed by atoms with van der Waals surface area (Å²) in [6.45, 7) is 9.69. The summed E-state index contributed by atoms with van der Waals surface area (Å²) in [5.74, 6) is -1.34. The van der Waals surface area contributed by atoms with E-state index in [1.807, 2.05) is 34.6 Å². The summed E-state index contributed by atoms with van der Waals surface area (Å²) in [5, 5.41) is 7.61. The van der Waals surface area contributed by atoms with Crippen LogP contribution in [0.3, 0.4) is 0 Å². The summed E-state index contributed by atoms with van der Waals surface area (Å²) < 4.78 is 17.0. The lowest BCUT2D eigenvalue weighted by molar-refractivity contribution is -0.143. The fourth-order valence-corrected chi connectivity index (χ4v) is 7.83. The molecule has 5 rings (SSSR count). The van der Waals surface area contributed by atoms with Crippen LogP contribution >= 0.6 is 11.6 Å². The highest BCUT2D eigenvalue weighted by atomic mass is 35.5. The van der Waals surface area contributed by atoms with Crippen LogP contribution in [0.4, 0.5) is 4.79 Å². The van der Waals surface area contributed by atoms with Gasteiger partial charge in [-0.25, -0.2) is 4.79 Å². The van der Waals surface area contributed by atoms with E-state index >= 15 is 0 Å². The molecule has 1 aromatic carbocycles. The molecule has 2 aliphatic carbocycles. The van der Waals surface area contributed by atoms with Crippen molar-refractivity contribution in [1.82, 2.24) is 10.2 Å². The van der Waals surface area contributed by atoms with Crippen LogP contribution in [0.25, 0.3) is 0 Å². The van der Waals surface area contributed by atoms with Crippen molar-refractivity contribution in [3.8, 4) is 11.5 Å². The SMILES string of the molecule is CCC[C@H](CC(=O)[C@@H]1C[C@]2(CC(c3cc(Cl)c(OCC)cc3OC)=NO2)CN1C(=O)[C@@H](NC(=O)OC1CCCC1)C(C)(C)C)C(=O)C(=O)CC1CC1. The number of ketones is 3. The Bertz CT molecular complexity index is 1560. The molecule has 286 valence electrons. The van der Waals surface area contributed by atoms with Crippen molar-refractivity contribution in [2.75, 3.05) is 20.3 Å². The number of ether oxygens (including phenoxy) is 3. The molecule has 1 N–H and O–H groups in total. The summed E-state index contributed by atoms with van der Waals surface area (Å²) in [7, 11) is 1.53. The first kappa shape index (κ1) is 39.5. The van der Waals surface area contributed by atoms with E-state index in [-0.39, 0.29) is 50.0 Å². The van der Waals surface area contributed by atoms with E-state index in [2.05, 4.69) is 10.5 Å². The van der Waals surface area contributed by atoms with Crippen molar-refractivity contribution in [2.45, 2.75) is 135 Å². The van der Waals surface area contributed by atoms with E-state index < -0.39 is 52.6 Å². The average molecular weight is 744 g/mol. The molecule has 4 aliphatic rings. The molecule has 2 heterocycles. The Morgan fingerprint density at radius 1 is 1.08 bits per heavy atom. The van der Waals surface area contributed by atoms with Gasteiger partial charge in [0, 0.05) is 43.2 Å². The van der Waals surface area contributed by atoms with E-state index in [0.717, 1.165) is 38.5 Å². The second-order valence-electron chi connectivity index (χ2n) is 15.9. The Kier molecular flexibility index (Phi) is 12.6. The van der Waals surface area contributed by atoms with Gasteiger partial charge in [0.25, 0.3) is 0 Å². The third-order valence-corrected chi connectivity index (χ3v) is 10.9. The van der Waals surface area contributed by atoms with Crippen molar-refractivity contribution in [3.05, 3.63) is 22.7 Å². The van der Waals surface area contributed by atoms with Gasteiger partial charge in [0.05, 0.1) is 37.0 Å². The molecular weight excluding hydrogens is 690 g/mol. The van der Waals surface area contributed by atoms with E-state index in [0.29, 0.717) is 47.2 Å². The Hall–Kier alpha value is -3.67. The number of Topliss-reactive ketones (excluding diaryl/α,β-unsaturated/α-hetero) is 3. The minimum Gasteiger partial charge on any atom is -0.496 e. The van der Waals surface area contributed by atoms with Crippen LogP contribution in [0, 0.1) is 17.3 Å². The van der Waals surface area contributed by atoms with E-state index in [1.165, 1.54) is 12.0 Å². The standard InChI is InChI=1S/C39H54ClN3O9/c1-7-11-24(34(46)31(45)16-23-14-15-23)17-30(44)29-21-39(20-28(42-52-39)26-18-27(40)33(50-8-2)19-32(26)49-6)22-43(29)36(47)35(38(3,4)5)41-37(48)51-25-12-9-10-13-25/h18-19,23-25,29,35H,7-17,20-22H2,1-6H3,(H,41,48)/t24-,29+,35-,39-/m1/s1. The number of nitrogens with one attached hydrogen (secondary N) is 1. The highest BCUT2D eigenvalue weighted by molar-refractivity contribution is 6.38. The smallest absolute Gasteiger partial charge is 0.408 e. The van der Waals surface area contributed by atoms with Crippen LogP contribution < -0.4 is 14.8 Å². The van der Waals surface area contributed by atoms with E-state index in [9.17, 15) is 24.0 Å². The van der Waals surface area contributed by atoms with Crippen LogP contribution in [0.1, 0.15) is 117 Å². The first-order valence-electron chi connectivity index (χ1n) is 18.8. The fourth-order valence-electron chi connectivity index (χ4n) is 7.61. The Labute approximate surface area is 311 Å². The molecule has 2 saturated carbocycles. The summed E-state index contributed by atoms with van der Waals surface area (Å²) in [6, 6.07) is 1.36. The number of amides is 2. The van der Waals surface area contributed by atoms with Gasteiger partial charge < -0.3 is 29.3 Å². The number of rotatable bonds is 16. The molecule has 3 fully saturated rings. The highest BCUT2D eigenvalue weighted by Gasteiger charge is 2.55.